The van der Waals surface area contributed by atoms with Crippen molar-refractivity contribution in [2.45, 2.75) is 58.3 Å². The number of fused-ring (bicyclic) bond motifs is 3. The number of methoxy groups -OCH3 is 3. The van der Waals surface area contributed by atoms with Crippen LogP contribution in [-0.2, 0) is 4.79 Å². The molecule has 0 saturated carbocycles. The predicted molar refractivity (Wildman–Crippen MR) is 389 cm³/mol. The standard InChI is InChI=1S/C28H26N6O4.C23H23N7O3.C23H21N7O2/c1-3-8-19(35)9-4-5-10-21(36)27-33-24(25-26(29)31-15-16-34(25)27)18-12-13-20(22(17-18)38-2)28(37)32-23-11-6-7-14-30-23;1-33-17-13-14(7-8-15(17)23(32)28-18-6-2-3-10-26-18)19-20-21(25)27-11-12-30(20)22(29-19)16(31)5-4-9-24;1-32-17-13-14(7-8-15(17)23(31)28-18-6-2-3-9-26-18)19-20-21(24)27-11-12-30(20)22(29-19)16-5-4-10-25-16/h6-7,11-17H,4-5,9-10H2,1-2H3,(H2,29,31)(H,30,32,37);2-3,6-8,10-13H,4-5,9,24H2,1H3,(H2,25,27)(H,26,28,32);2-3,6-9,11-13H,4-5,10H2,1H3,(H2,24,27)(H,26,28,31). The SMILES string of the molecule is CC#CC(=O)CCCCC(=O)c1nc(-c2ccc(C(=O)Nc3ccccn3)c(OC)c2)c2c(N)nccn12.COc1cc(-c2nc(C(=O)CCCN)n3ccnc(N)c23)ccc1C(=O)Nc1ccccn1.COc1cc(-c2nc(C3=NCCC3)n3ccnc(N)c23)ccc1C(=O)Nc1ccccn1. The first-order valence-corrected chi connectivity index (χ1v) is 32.5. The topological polar surface area (TPSA) is 412 Å². The number of Topliss-reactive ketones (excluding diaryl/α,β-unsaturated/α-hetero) is 3. The molecular weight excluding hydrogens is 1310 g/mol. The molecule has 520 valence electrons. The Kier molecular flexibility index (Phi) is 22.5. The van der Waals surface area contributed by atoms with Crippen LogP contribution >= 0.6 is 0 Å². The number of anilines is 6. The van der Waals surface area contributed by atoms with E-state index in [9.17, 15) is 28.8 Å². The van der Waals surface area contributed by atoms with E-state index >= 15 is 0 Å². The summed E-state index contributed by atoms with van der Waals surface area (Å²) in [5, 5.41) is 8.25. The average Bonchev–Trinajstić information content (AvgIpc) is 1.63. The van der Waals surface area contributed by atoms with Gasteiger partial charge in [-0.05, 0) is 124 Å². The summed E-state index contributed by atoms with van der Waals surface area (Å²) in [6.45, 7) is 2.82. The van der Waals surface area contributed by atoms with Crippen LogP contribution in [-0.4, -0.2) is 133 Å². The second-order valence-electron chi connectivity index (χ2n) is 22.9. The number of pyridine rings is 3. The van der Waals surface area contributed by atoms with Crippen LogP contribution < -0.4 is 53.1 Å². The molecule has 0 spiro atoms. The number of ether oxygens (including phenoxy) is 3. The van der Waals surface area contributed by atoms with Gasteiger partial charge in [0.15, 0.2) is 29.0 Å². The highest BCUT2D eigenvalue weighted by atomic mass is 16.5. The number of aliphatic imine (C=N–C) groups is 1. The van der Waals surface area contributed by atoms with Crippen molar-refractivity contribution in [3.63, 3.8) is 0 Å². The molecule has 0 saturated heterocycles. The van der Waals surface area contributed by atoms with E-state index < -0.39 is 0 Å². The Bertz CT molecular complexity index is 5260. The van der Waals surface area contributed by atoms with E-state index in [2.05, 4.69) is 72.7 Å². The van der Waals surface area contributed by atoms with Crippen molar-refractivity contribution >= 4 is 92.2 Å². The summed E-state index contributed by atoms with van der Waals surface area (Å²) >= 11 is 0. The number of benzene rings is 3. The highest BCUT2D eigenvalue weighted by molar-refractivity contribution is 6.09. The Morgan fingerprint density at radius 2 is 0.883 bits per heavy atom. The lowest BCUT2D eigenvalue weighted by Crippen LogP contribution is -2.14. The van der Waals surface area contributed by atoms with Crippen LogP contribution in [0.5, 0.6) is 17.2 Å². The number of nitrogens with zero attached hydrogens (tertiary/aromatic N) is 13. The number of nitrogens with one attached hydrogen (secondary N) is 3. The number of carbonyl (C=O) groups excluding carboxylic acids is 6. The number of amides is 3. The molecule has 29 heteroatoms. The minimum atomic E-state index is -0.387. The summed E-state index contributed by atoms with van der Waals surface area (Å²) in [6.07, 6.45) is 18.9. The third-order valence-electron chi connectivity index (χ3n) is 16.2. The summed E-state index contributed by atoms with van der Waals surface area (Å²) in [7, 11) is 4.46. The molecule has 0 bridgehead atoms. The number of imidazole rings is 3. The first kappa shape index (κ1) is 70.7. The van der Waals surface area contributed by atoms with E-state index in [1.165, 1.54) is 33.7 Å². The maximum atomic E-state index is 13.1. The minimum Gasteiger partial charge on any atom is -0.496 e. The van der Waals surface area contributed by atoms with Gasteiger partial charge in [-0.2, -0.15) is 0 Å². The average molecular weight is 1380 g/mol. The molecule has 9 aromatic heterocycles. The van der Waals surface area contributed by atoms with E-state index in [1.807, 2.05) is 16.7 Å². The fraction of sp³-hybridized carbons (Fsp3) is 0.189. The second-order valence-corrected chi connectivity index (χ2v) is 22.9. The lowest BCUT2D eigenvalue weighted by atomic mass is 10.1. The Morgan fingerprint density at radius 3 is 1.26 bits per heavy atom. The van der Waals surface area contributed by atoms with Gasteiger partial charge in [0.25, 0.3) is 17.7 Å². The van der Waals surface area contributed by atoms with Crippen LogP contribution in [0.25, 0.3) is 50.3 Å². The van der Waals surface area contributed by atoms with Crippen LogP contribution in [0.2, 0.25) is 0 Å². The van der Waals surface area contributed by atoms with E-state index in [0.717, 1.165) is 36.5 Å². The van der Waals surface area contributed by atoms with E-state index in [1.54, 1.807) is 156 Å². The molecule has 12 aromatic rings. The summed E-state index contributed by atoms with van der Waals surface area (Å²) in [4.78, 5) is 119. The number of hydrogen-bond donors (Lipinski definition) is 7. The fourth-order valence-electron chi connectivity index (χ4n) is 11.3. The molecule has 1 aliphatic rings. The van der Waals surface area contributed by atoms with Crippen LogP contribution in [0.4, 0.5) is 34.9 Å². The number of rotatable bonds is 23. The van der Waals surface area contributed by atoms with Crippen LogP contribution in [0.3, 0.4) is 0 Å². The van der Waals surface area contributed by atoms with Gasteiger partial charge in [-0.15, -0.1) is 0 Å². The Morgan fingerprint density at radius 1 is 0.485 bits per heavy atom. The number of aromatic nitrogens is 12. The number of nitrogen functional groups attached to an aromatic ring is 3. The van der Waals surface area contributed by atoms with Crippen molar-refractivity contribution < 1.29 is 43.0 Å². The van der Waals surface area contributed by atoms with Gasteiger partial charge in [-0.1, -0.05) is 42.3 Å². The zero-order valence-corrected chi connectivity index (χ0v) is 56.5. The van der Waals surface area contributed by atoms with E-state index in [4.69, 9.17) is 42.1 Å². The van der Waals surface area contributed by atoms with E-state index in [-0.39, 0.29) is 71.2 Å². The molecule has 0 atom stereocenters. The van der Waals surface area contributed by atoms with Crippen molar-refractivity contribution in [2.75, 3.05) is 67.6 Å². The number of hydrogen-bond acceptors (Lipinski definition) is 23. The maximum Gasteiger partial charge on any atom is 0.260 e. The number of unbranched alkanes of at least 4 members (excludes halogenated alkanes) is 1. The predicted octanol–water partition coefficient (Wildman–Crippen LogP) is 9.74. The molecule has 0 unspecified atom stereocenters. The molecule has 10 heterocycles. The summed E-state index contributed by atoms with van der Waals surface area (Å²) in [5.74, 6) is 7.91. The largest absolute Gasteiger partial charge is 0.496 e. The van der Waals surface area contributed by atoms with Crippen molar-refractivity contribution in [2.24, 2.45) is 10.7 Å². The third-order valence-corrected chi connectivity index (χ3v) is 16.2. The quantitative estimate of drug-likeness (QED) is 0.0135. The molecule has 103 heavy (non-hydrogen) atoms. The monoisotopic (exact) mass is 1380 g/mol. The molecule has 3 aromatic carbocycles. The molecule has 11 N–H and O–H groups in total. The van der Waals surface area contributed by atoms with Crippen molar-refractivity contribution in [1.29, 1.82) is 0 Å². The summed E-state index contributed by atoms with van der Waals surface area (Å²) in [5.41, 5.74) is 31.3. The molecule has 1 aliphatic heterocycles. The second kappa shape index (κ2) is 32.8. The van der Waals surface area contributed by atoms with Crippen molar-refractivity contribution in [3.05, 3.63) is 199 Å². The first-order valence-electron chi connectivity index (χ1n) is 32.5. The lowest BCUT2D eigenvalue weighted by Gasteiger charge is -2.10. The number of carbonyl (C=O) groups is 6. The molecular formula is C74H70N20O9. The third kappa shape index (κ3) is 16.1. The summed E-state index contributed by atoms with van der Waals surface area (Å²) in [6, 6.07) is 31.1. The van der Waals surface area contributed by atoms with Gasteiger partial charge in [0, 0.05) is 98.3 Å². The number of nitrogens with two attached hydrogens (primary N) is 4. The summed E-state index contributed by atoms with van der Waals surface area (Å²) < 4.78 is 21.7. The van der Waals surface area contributed by atoms with Gasteiger partial charge in [0.1, 0.15) is 85.8 Å². The Balaban J connectivity index is 0.000000156. The van der Waals surface area contributed by atoms with Gasteiger partial charge in [0.2, 0.25) is 5.78 Å². The van der Waals surface area contributed by atoms with Gasteiger partial charge >= 0.3 is 0 Å². The van der Waals surface area contributed by atoms with E-state index in [0.29, 0.717) is 134 Å². The normalized spacial score (nSPS) is 11.4. The highest BCUT2D eigenvalue weighted by Gasteiger charge is 2.27. The molecule has 29 nitrogen and oxygen atoms in total. The Labute approximate surface area is 589 Å². The molecule has 0 radical (unpaired) electrons. The van der Waals surface area contributed by atoms with Gasteiger partial charge in [-0.25, -0.2) is 44.9 Å². The van der Waals surface area contributed by atoms with Crippen LogP contribution in [0, 0.1) is 11.8 Å². The first-order chi connectivity index (χ1) is 50.1. The van der Waals surface area contributed by atoms with Gasteiger partial charge in [0.05, 0.1) is 43.7 Å². The van der Waals surface area contributed by atoms with Crippen LogP contribution in [0.1, 0.15) is 116 Å². The molecule has 0 fully saturated rings. The highest BCUT2D eigenvalue weighted by Crippen LogP contribution is 2.37. The molecule has 13 rings (SSSR count). The van der Waals surface area contributed by atoms with Crippen molar-refractivity contribution in [1.82, 2.24) is 58.1 Å². The number of ketones is 3. The van der Waals surface area contributed by atoms with Crippen LogP contribution in [0.15, 0.2) is 170 Å². The maximum absolute atomic E-state index is 13.1. The minimum absolute atomic E-state index is 0.140. The smallest absolute Gasteiger partial charge is 0.260 e. The van der Waals surface area contributed by atoms with Gasteiger partial charge < -0.3 is 53.1 Å². The van der Waals surface area contributed by atoms with Crippen molar-refractivity contribution in [3.8, 4) is 62.9 Å². The Hall–Kier alpha value is -13.6. The van der Waals surface area contributed by atoms with Gasteiger partial charge in [-0.3, -0.25) is 47.0 Å². The molecule has 0 aliphatic carbocycles. The fourth-order valence-corrected chi connectivity index (χ4v) is 11.3. The zero-order chi connectivity index (χ0) is 72.5. The molecule has 3 amide bonds. The zero-order valence-electron chi connectivity index (χ0n) is 56.5. The lowest BCUT2D eigenvalue weighted by molar-refractivity contribution is -0.113.